The number of anilines is 1. The molecule has 1 amide bonds. The summed E-state index contributed by atoms with van der Waals surface area (Å²) in [6.45, 7) is 4.03. The van der Waals surface area contributed by atoms with Crippen LogP contribution in [0.4, 0.5) is 5.69 Å². The third-order valence-electron chi connectivity index (χ3n) is 3.25. The maximum atomic E-state index is 12.1. The molecule has 0 aliphatic carbocycles. The van der Waals surface area contributed by atoms with Crippen LogP contribution in [-0.4, -0.2) is 19.1 Å². The molecule has 6 heteroatoms. The zero-order valence-electron chi connectivity index (χ0n) is 13.5. The van der Waals surface area contributed by atoms with Gasteiger partial charge in [0, 0.05) is 16.7 Å². The van der Waals surface area contributed by atoms with Crippen molar-refractivity contribution in [3.8, 4) is 5.75 Å². The van der Waals surface area contributed by atoms with E-state index in [9.17, 15) is 4.79 Å². The number of carbonyl (C=O) groups is 1. The van der Waals surface area contributed by atoms with Crippen molar-refractivity contribution in [2.45, 2.75) is 19.9 Å². The van der Waals surface area contributed by atoms with Crippen LogP contribution in [0.5, 0.6) is 5.75 Å². The average Bonchev–Trinajstić information content (AvgIpc) is 2.54. The molecule has 0 saturated carbocycles. The van der Waals surface area contributed by atoms with E-state index in [4.69, 9.17) is 4.74 Å². The standard InChI is InChI=1S/C18H21BrN2O2.ClH/c1-2-20-13-14-6-3-4-9-17(14)21-18(22)10-11-23-16-8-5-7-15(19)12-16;/h3-9,12,20H,2,10-11,13H2,1H3,(H,21,22);1H. The molecule has 0 atom stereocenters. The van der Waals surface area contributed by atoms with Crippen LogP contribution in [0.15, 0.2) is 53.0 Å². The lowest BCUT2D eigenvalue weighted by atomic mass is 10.1. The Bertz CT molecular complexity index is 652. The van der Waals surface area contributed by atoms with Crippen molar-refractivity contribution in [2.75, 3.05) is 18.5 Å². The predicted octanol–water partition coefficient (Wildman–Crippen LogP) is 4.39. The van der Waals surface area contributed by atoms with E-state index in [1.807, 2.05) is 48.5 Å². The molecule has 0 aliphatic heterocycles. The van der Waals surface area contributed by atoms with Crippen molar-refractivity contribution in [3.63, 3.8) is 0 Å². The molecule has 4 nitrogen and oxygen atoms in total. The van der Waals surface area contributed by atoms with Gasteiger partial charge in [0.25, 0.3) is 0 Å². The van der Waals surface area contributed by atoms with Crippen LogP contribution >= 0.6 is 28.3 Å². The molecule has 0 aliphatic rings. The first-order valence-corrected chi connectivity index (χ1v) is 8.45. The van der Waals surface area contributed by atoms with Crippen molar-refractivity contribution < 1.29 is 9.53 Å². The molecule has 2 N–H and O–H groups in total. The largest absolute Gasteiger partial charge is 0.493 e. The van der Waals surface area contributed by atoms with Gasteiger partial charge in [-0.1, -0.05) is 47.1 Å². The second kappa shape index (κ2) is 11.1. The Hall–Kier alpha value is -1.56. The summed E-state index contributed by atoms with van der Waals surface area (Å²) in [7, 11) is 0. The minimum Gasteiger partial charge on any atom is -0.493 e. The molecule has 0 aromatic heterocycles. The fraction of sp³-hybridized carbons (Fsp3) is 0.278. The summed E-state index contributed by atoms with van der Waals surface area (Å²) in [5.74, 6) is 0.698. The van der Waals surface area contributed by atoms with Crippen LogP contribution in [0.3, 0.4) is 0 Å². The lowest BCUT2D eigenvalue weighted by molar-refractivity contribution is -0.116. The minimum absolute atomic E-state index is 0. The lowest BCUT2D eigenvalue weighted by Gasteiger charge is -2.12. The maximum absolute atomic E-state index is 12.1. The number of para-hydroxylation sites is 1. The molecule has 0 fully saturated rings. The Morgan fingerprint density at radius 2 is 1.96 bits per heavy atom. The first-order chi connectivity index (χ1) is 11.2. The molecule has 0 unspecified atom stereocenters. The highest BCUT2D eigenvalue weighted by Crippen LogP contribution is 2.18. The van der Waals surface area contributed by atoms with Crippen molar-refractivity contribution in [3.05, 3.63) is 58.6 Å². The quantitative estimate of drug-likeness (QED) is 0.675. The van der Waals surface area contributed by atoms with E-state index >= 15 is 0 Å². The van der Waals surface area contributed by atoms with Gasteiger partial charge in [-0.2, -0.15) is 0 Å². The first-order valence-electron chi connectivity index (χ1n) is 7.66. The summed E-state index contributed by atoms with van der Waals surface area (Å²) >= 11 is 3.39. The molecule has 0 saturated heterocycles. The number of rotatable bonds is 8. The molecule has 24 heavy (non-hydrogen) atoms. The summed E-state index contributed by atoms with van der Waals surface area (Å²) in [6, 6.07) is 15.4. The van der Waals surface area contributed by atoms with Gasteiger partial charge in [0.05, 0.1) is 13.0 Å². The summed E-state index contributed by atoms with van der Waals surface area (Å²) in [5, 5.41) is 6.22. The van der Waals surface area contributed by atoms with Crippen LogP contribution in [0, 0.1) is 0 Å². The summed E-state index contributed by atoms with van der Waals surface area (Å²) in [5.41, 5.74) is 1.93. The molecule has 2 aromatic carbocycles. The van der Waals surface area contributed by atoms with Gasteiger partial charge in [-0.05, 0) is 36.4 Å². The first kappa shape index (κ1) is 20.5. The van der Waals surface area contributed by atoms with E-state index in [0.29, 0.717) is 13.0 Å². The number of nitrogens with one attached hydrogen (secondary N) is 2. The number of hydrogen-bond acceptors (Lipinski definition) is 3. The third kappa shape index (κ3) is 6.91. The predicted molar refractivity (Wildman–Crippen MR) is 104 cm³/mol. The van der Waals surface area contributed by atoms with Gasteiger partial charge < -0.3 is 15.4 Å². The number of carbonyl (C=O) groups excluding carboxylic acids is 1. The Labute approximate surface area is 157 Å². The molecular formula is C18H22BrClN2O2. The van der Waals surface area contributed by atoms with E-state index in [2.05, 4.69) is 33.5 Å². The molecule has 0 bridgehead atoms. The van der Waals surface area contributed by atoms with E-state index < -0.39 is 0 Å². The van der Waals surface area contributed by atoms with Crippen molar-refractivity contribution >= 4 is 39.9 Å². The normalized spacial score (nSPS) is 9.92. The van der Waals surface area contributed by atoms with E-state index in [0.717, 1.165) is 34.6 Å². The highest BCUT2D eigenvalue weighted by atomic mass is 79.9. The minimum atomic E-state index is -0.0519. The fourth-order valence-corrected chi connectivity index (χ4v) is 2.47. The summed E-state index contributed by atoms with van der Waals surface area (Å²) in [4.78, 5) is 12.1. The molecule has 0 heterocycles. The number of amides is 1. The van der Waals surface area contributed by atoms with Gasteiger partial charge >= 0.3 is 0 Å². The Morgan fingerprint density at radius 1 is 1.17 bits per heavy atom. The molecular weight excluding hydrogens is 392 g/mol. The van der Waals surface area contributed by atoms with Gasteiger partial charge in [0.2, 0.25) is 5.91 Å². The maximum Gasteiger partial charge on any atom is 0.227 e. The van der Waals surface area contributed by atoms with Gasteiger partial charge in [0.1, 0.15) is 5.75 Å². The van der Waals surface area contributed by atoms with Crippen LogP contribution in [0.25, 0.3) is 0 Å². The van der Waals surface area contributed by atoms with Gasteiger partial charge in [0.15, 0.2) is 0 Å². The SMILES string of the molecule is CCNCc1ccccc1NC(=O)CCOc1cccc(Br)c1.Cl. The van der Waals surface area contributed by atoms with Crippen molar-refractivity contribution in [1.29, 1.82) is 0 Å². The highest BCUT2D eigenvalue weighted by Gasteiger charge is 2.07. The number of ether oxygens (including phenoxy) is 1. The molecule has 0 spiro atoms. The number of benzene rings is 2. The van der Waals surface area contributed by atoms with E-state index in [-0.39, 0.29) is 18.3 Å². The second-order valence-electron chi connectivity index (χ2n) is 5.04. The van der Waals surface area contributed by atoms with Crippen LogP contribution in [0.2, 0.25) is 0 Å². The Morgan fingerprint density at radius 3 is 2.71 bits per heavy atom. The van der Waals surface area contributed by atoms with Gasteiger partial charge in [-0.15, -0.1) is 12.4 Å². The summed E-state index contributed by atoms with van der Waals surface area (Å²) < 4.78 is 6.54. The topological polar surface area (TPSA) is 50.4 Å². The highest BCUT2D eigenvalue weighted by molar-refractivity contribution is 9.10. The summed E-state index contributed by atoms with van der Waals surface area (Å²) in [6.07, 6.45) is 0.308. The molecule has 0 radical (unpaired) electrons. The van der Waals surface area contributed by atoms with E-state index in [1.54, 1.807) is 0 Å². The van der Waals surface area contributed by atoms with Crippen molar-refractivity contribution in [2.24, 2.45) is 0 Å². The van der Waals surface area contributed by atoms with Gasteiger partial charge in [-0.3, -0.25) is 4.79 Å². The van der Waals surface area contributed by atoms with E-state index in [1.165, 1.54) is 0 Å². The zero-order chi connectivity index (χ0) is 16.5. The van der Waals surface area contributed by atoms with Crippen LogP contribution < -0.4 is 15.4 Å². The lowest BCUT2D eigenvalue weighted by Crippen LogP contribution is -2.18. The van der Waals surface area contributed by atoms with Crippen LogP contribution in [0.1, 0.15) is 18.9 Å². The third-order valence-corrected chi connectivity index (χ3v) is 3.74. The molecule has 130 valence electrons. The Balaban J connectivity index is 0.00000288. The monoisotopic (exact) mass is 412 g/mol. The number of hydrogen-bond donors (Lipinski definition) is 2. The molecule has 2 rings (SSSR count). The zero-order valence-corrected chi connectivity index (χ0v) is 16.0. The smallest absolute Gasteiger partial charge is 0.227 e. The number of halogens is 2. The van der Waals surface area contributed by atoms with Crippen molar-refractivity contribution in [1.82, 2.24) is 5.32 Å². The second-order valence-corrected chi connectivity index (χ2v) is 5.96. The fourth-order valence-electron chi connectivity index (χ4n) is 2.09. The van der Waals surface area contributed by atoms with Gasteiger partial charge in [-0.25, -0.2) is 0 Å². The average molecular weight is 414 g/mol. The molecule has 2 aromatic rings. The van der Waals surface area contributed by atoms with Crippen LogP contribution in [-0.2, 0) is 11.3 Å². The Kier molecular flexibility index (Phi) is 9.45.